The summed E-state index contributed by atoms with van der Waals surface area (Å²) in [7, 11) is 0. The molecule has 0 aromatic heterocycles. The van der Waals surface area contributed by atoms with Crippen molar-refractivity contribution in [1.82, 2.24) is 5.32 Å². The number of rotatable bonds is 9. The predicted octanol–water partition coefficient (Wildman–Crippen LogP) is 5.28. The van der Waals surface area contributed by atoms with Gasteiger partial charge >= 0.3 is 0 Å². The number of halogens is 2. The van der Waals surface area contributed by atoms with Crippen LogP contribution in [0.2, 0.25) is 0 Å². The average molecular weight is 407 g/mol. The standard InChI is InChI=1S/C21H26F2N2O2.C2H6/c1-3-5-19(21(26)25-13-15-7-4-6-14(2)10-15)27-17-9-8-16(12-24)18(11-17)20(22)23;1-2/h4,6-11,19-20H,3,5,12-13,24H2,1-2H3,(H,25,26);1-2H3/t19-;/m0./s1. The Morgan fingerprint density at radius 1 is 1.17 bits per heavy atom. The van der Waals surface area contributed by atoms with Gasteiger partial charge in [-0.05, 0) is 36.6 Å². The molecule has 160 valence electrons. The van der Waals surface area contributed by atoms with Crippen LogP contribution in [0.15, 0.2) is 42.5 Å². The number of nitrogens with one attached hydrogen (secondary N) is 1. The number of hydrogen-bond donors (Lipinski definition) is 2. The molecule has 1 amide bonds. The highest BCUT2D eigenvalue weighted by atomic mass is 19.3. The maximum Gasteiger partial charge on any atom is 0.264 e. The van der Waals surface area contributed by atoms with Crippen LogP contribution in [0.5, 0.6) is 5.75 Å². The zero-order chi connectivity index (χ0) is 21.8. The first-order chi connectivity index (χ1) is 13.9. The monoisotopic (exact) mass is 406 g/mol. The molecule has 2 aromatic rings. The molecule has 4 nitrogen and oxygen atoms in total. The van der Waals surface area contributed by atoms with Gasteiger partial charge in [-0.1, -0.05) is 63.1 Å². The highest BCUT2D eigenvalue weighted by Crippen LogP contribution is 2.28. The summed E-state index contributed by atoms with van der Waals surface area (Å²) in [5.74, 6) is -0.0217. The topological polar surface area (TPSA) is 64.3 Å². The molecule has 3 N–H and O–H groups in total. The Kier molecular flexibility index (Phi) is 10.9. The normalized spacial score (nSPS) is 11.4. The number of benzene rings is 2. The Labute approximate surface area is 172 Å². The fourth-order valence-corrected chi connectivity index (χ4v) is 2.83. The number of ether oxygens (including phenoxy) is 1. The first kappa shape index (κ1) is 24.6. The van der Waals surface area contributed by atoms with Gasteiger partial charge < -0.3 is 15.8 Å². The molecule has 0 aliphatic heterocycles. The molecule has 0 fully saturated rings. The molecular formula is C23H32F2N2O2. The van der Waals surface area contributed by atoms with Crippen LogP contribution in [0.25, 0.3) is 0 Å². The molecule has 2 aromatic carbocycles. The largest absolute Gasteiger partial charge is 0.481 e. The lowest BCUT2D eigenvalue weighted by molar-refractivity contribution is -0.128. The van der Waals surface area contributed by atoms with Gasteiger partial charge in [0.2, 0.25) is 0 Å². The number of carbonyl (C=O) groups is 1. The lowest BCUT2D eigenvalue weighted by atomic mass is 10.1. The van der Waals surface area contributed by atoms with E-state index in [9.17, 15) is 13.6 Å². The summed E-state index contributed by atoms with van der Waals surface area (Å²) in [6.07, 6.45) is -2.17. The van der Waals surface area contributed by atoms with E-state index >= 15 is 0 Å². The fourth-order valence-electron chi connectivity index (χ4n) is 2.83. The summed E-state index contributed by atoms with van der Waals surface area (Å²) >= 11 is 0. The van der Waals surface area contributed by atoms with Crippen molar-refractivity contribution in [3.05, 3.63) is 64.7 Å². The highest BCUT2D eigenvalue weighted by molar-refractivity contribution is 5.81. The molecule has 1 atom stereocenters. The average Bonchev–Trinajstić information content (AvgIpc) is 2.73. The van der Waals surface area contributed by atoms with E-state index in [4.69, 9.17) is 10.5 Å². The van der Waals surface area contributed by atoms with Gasteiger partial charge in [0.05, 0.1) is 0 Å². The van der Waals surface area contributed by atoms with E-state index < -0.39 is 12.5 Å². The first-order valence-electron chi connectivity index (χ1n) is 10.1. The highest BCUT2D eigenvalue weighted by Gasteiger charge is 2.21. The van der Waals surface area contributed by atoms with E-state index in [1.807, 2.05) is 52.0 Å². The third-order valence-electron chi connectivity index (χ3n) is 4.24. The lowest BCUT2D eigenvalue weighted by Crippen LogP contribution is -2.38. The second-order valence-corrected chi connectivity index (χ2v) is 6.47. The molecule has 0 heterocycles. The van der Waals surface area contributed by atoms with Crippen molar-refractivity contribution in [1.29, 1.82) is 0 Å². The summed E-state index contributed by atoms with van der Waals surface area (Å²) in [6, 6.07) is 12.2. The van der Waals surface area contributed by atoms with Crippen LogP contribution < -0.4 is 15.8 Å². The maximum absolute atomic E-state index is 13.2. The van der Waals surface area contributed by atoms with Gasteiger partial charge in [-0.3, -0.25) is 4.79 Å². The van der Waals surface area contributed by atoms with Gasteiger partial charge in [0, 0.05) is 18.7 Å². The van der Waals surface area contributed by atoms with Crippen LogP contribution >= 0.6 is 0 Å². The van der Waals surface area contributed by atoms with Gasteiger partial charge in [-0.25, -0.2) is 8.78 Å². The van der Waals surface area contributed by atoms with E-state index in [1.165, 1.54) is 12.1 Å². The van der Waals surface area contributed by atoms with Crippen LogP contribution in [-0.2, 0) is 17.9 Å². The van der Waals surface area contributed by atoms with Crippen molar-refractivity contribution in [2.24, 2.45) is 5.73 Å². The van der Waals surface area contributed by atoms with E-state index in [0.29, 0.717) is 18.5 Å². The minimum absolute atomic E-state index is 0.0231. The molecule has 6 heteroatoms. The lowest BCUT2D eigenvalue weighted by Gasteiger charge is -2.19. The van der Waals surface area contributed by atoms with E-state index in [0.717, 1.165) is 17.5 Å². The molecule has 0 spiro atoms. The molecule has 0 saturated carbocycles. The molecule has 0 radical (unpaired) electrons. The van der Waals surface area contributed by atoms with Crippen LogP contribution in [-0.4, -0.2) is 12.0 Å². The van der Waals surface area contributed by atoms with Crippen molar-refractivity contribution >= 4 is 5.91 Å². The number of amides is 1. The second-order valence-electron chi connectivity index (χ2n) is 6.47. The Balaban J connectivity index is 0.00000204. The molecule has 0 unspecified atom stereocenters. The van der Waals surface area contributed by atoms with E-state index in [1.54, 1.807) is 6.07 Å². The fraction of sp³-hybridized carbons (Fsp3) is 0.435. The second kappa shape index (κ2) is 12.9. The minimum Gasteiger partial charge on any atom is -0.481 e. The van der Waals surface area contributed by atoms with Gasteiger partial charge in [0.15, 0.2) is 6.10 Å². The quantitative estimate of drug-likeness (QED) is 0.595. The third kappa shape index (κ3) is 7.81. The van der Waals surface area contributed by atoms with Crippen LogP contribution in [0, 0.1) is 6.92 Å². The molecule has 0 aliphatic rings. The zero-order valence-electron chi connectivity index (χ0n) is 17.7. The van der Waals surface area contributed by atoms with Crippen LogP contribution in [0.3, 0.4) is 0 Å². The Hall–Kier alpha value is -2.47. The Bertz CT molecular complexity index is 766. The Morgan fingerprint density at radius 3 is 2.48 bits per heavy atom. The number of alkyl halides is 2. The number of aryl methyl sites for hydroxylation is 1. The van der Waals surface area contributed by atoms with Crippen molar-refractivity contribution in [3.63, 3.8) is 0 Å². The van der Waals surface area contributed by atoms with Crippen LogP contribution in [0.4, 0.5) is 8.78 Å². The first-order valence-corrected chi connectivity index (χ1v) is 10.1. The summed E-state index contributed by atoms with van der Waals surface area (Å²) in [6.45, 7) is 8.33. The number of carbonyl (C=O) groups excluding carboxylic acids is 1. The number of hydrogen-bond acceptors (Lipinski definition) is 3. The number of nitrogens with two attached hydrogens (primary N) is 1. The molecule has 0 aliphatic carbocycles. The zero-order valence-corrected chi connectivity index (χ0v) is 17.7. The summed E-state index contributed by atoms with van der Waals surface area (Å²) in [5, 5.41) is 2.86. The van der Waals surface area contributed by atoms with Crippen molar-refractivity contribution in [2.45, 2.75) is 66.2 Å². The van der Waals surface area contributed by atoms with E-state index in [2.05, 4.69) is 5.32 Å². The molecule has 0 saturated heterocycles. The van der Waals surface area contributed by atoms with E-state index in [-0.39, 0.29) is 23.8 Å². The van der Waals surface area contributed by atoms with Gasteiger partial charge in [0.1, 0.15) is 5.75 Å². The summed E-state index contributed by atoms with van der Waals surface area (Å²) in [4.78, 5) is 12.5. The van der Waals surface area contributed by atoms with Crippen molar-refractivity contribution in [2.75, 3.05) is 0 Å². The maximum atomic E-state index is 13.2. The molecular weight excluding hydrogens is 374 g/mol. The molecule has 0 bridgehead atoms. The molecule has 29 heavy (non-hydrogen) atoms. The molecule has 2 rings (SSSR count). The Morgan fingerprint density at radius 2 is 1.90 bits per heavy atom. The summed E-state index contributed by atoms with van der Waals surface area (Å²) < 4.78 is 32.1. The van der Waals surface area contributed by atoms with Crippen LogP contribution in [0.1, 0.15) is 62.3 Å². The SMILES string of the molecule is CC.CCC[C@H](Oc1ccc(CN)c(C(F)F)c1)C(=O)NCc1cccc(C)c1. The van der Waals surface area contributed by atoms with Crippen molar-refractivity contribution < 1.29 is 18.3 Å². The van der Waals surface area contributed by atoms with Gasteiger partial charge in [-0.2, -0.15) is 0 Å². The van der Waals surface area contributed by atoms with Gasteiger partial charge in [-0.15, -0.1) is 0 Å². The van der Waals surface area contributed by atoms with Gasteiger partial charge in [0.25, 0.3) is 12.3 Å². The third-order valence-corrected chi connectivity index (χ3v) is 4.24. The predicted molar refractivity (Wildman–Crippen MR) is 113 cm³/mol. The smallest absolute Gasteiger partial charge is 0.264 e. The van der Waals surface area contributed by atoms with Crippen molar-refractivity contribution in [3.8, 4) is 5.75 Å². The summed E-state index contributed by atoms with van der Waals surface area (Å²) in [5.41, 5.74) is 7.82. The minimum atomic E-state index is -2.65.